The standard InChI is InChI=1S/C16H16N2O2/c1-20-14-8-7-12(11-5-3-2-4-6-11)16-13(14)9-15(18-16)17-10-19/h2-6,10H,7-9H2,1H3,(H,17,18,19). The number of allylic oxidation sites excluding steroid dienone is 3. The Balaban J connectivity index is 2.10. The number of nitrogens with zero attached hydrogens (tertiary/aromatic N) is 1. The predicted molar refractivity (Wildman–Crippen MR) is 77.9 cm³/mol. The topological polar surface area (TPSA) is 50.7 Å². The Morgan fingerprint density at radius 2 is 2.00 bits per heavy atom. The molecule has 0 aromatic heterocycles. The van der Waals surface area contributed by atoms with Crippen molar-refractivity contribution in [2.45, 2.75) is 19.3 Å². The summed E-state index contributed by atoms with van der Waals surface area (Å²) in [6.07, 6.45) is 3.09. The van der Waals surface area contributed by atoms with E-state index in [4.69, 9.17) is 4.74 Å². The van der Waals surface area contributed by atoms with Crippen molar-refractivity contribution < 1.29 is 9.53 Å². The minimum absolute atomic E-state index is 0.633. The minimum Gasteiger partial charge on any atom is -0.501 e. The molecule has 4 heteroatoms. The molecule has 1 heterocycles. The van der Waals surface area contributed by atoms with Crippen LogP contribution in [0.1, 0.15) is 24.8 Å². The zero-order valence-electron chi connectivity index (χ0n) is 11.3. The molecule has 20 heavy (non-hydrogen) atoms. The number of carbonyl (C=O) groups is 1. The fourth-order valence-electron chi connectivity index (χ4n) is 2.78. The molecule has 3 rings (SSSR count). The van der Waals surface area contributed by atoms with Crippen LogP contribution in [0.15, 0.2) is 52.4 Å². The summed E-state index contributed by atoms with van der Waals surface area (Å²) in [6.45, 7) is 0. The first-order valence-corrected chi connectivity index (χ1v) is 6.66. The zero-order valence-corrected chi connectivity index (χ0v) is 11.3. The Morgan fingerprint density at radius 1 is 1.20 bits per heavy atom. The third-order valence-electron chi connectivity index (χ3n) is 3.70. The summed E-state index contributed by atoms with van der Waals surface area (Å²) >= 11 is 0. The van der Waals surface area contributed by atoms with E-state index in [1.165, 1.54) is 11.1 Å². The highest BCUT2D eigenvalue weighted by molar-refractivity contribution is 5.98. The first-order valence-electron chi connectivity index (χ1n) is 6.66. The van der Waals surface area contributed by atoms with Gasteiger partial charge in [0.2, 0.25) is 6.41 Å². The molecule has 1 aliphatic heterocycles. The number of methoxy groups -OCH3 is 1. The number of carbonyl (C=O) groups excluding carboxylic acids is 1. The maximum absolute atomic E-state index is 10.6. The Hall–Kier alpha value is -2.36. The molecule has 0 radical (unpaired) electrons. The van der Waals surface area contributed by atoms with Gasteiger partial charge in [0, 0.05) is 18.4 Å². The zero-order chi connectivity index (χ0) is 13.9. The van der Waals surface area contributed by atoms with Crippen molar-refractivity contribution in [1.82, 2.24) is 5.32 Å². The van der Waals surface area contributed by atoms with E-state index < -0.39 is 0 Å². The fourth-order valence-corrected chi connectivity index (χ4v) is 2.78. The highest BCUT2D eigenvalue weighted by atomic mass is 16.5. The number of amidine groups is 1. The molecule has 1 aliphatic carbocycles. The second kappa shape index (κ2) is 5.33. The molecule has 4 nitrogen and oxygen atoms in total. The quantitative estimate of drug-likeness (QED) is 0.857. The van der Waals surface area contributed by atoms with Gasteiger partial charge in [-0.15, -0.1) is 0 Å². The van der Waals surface area contributed by atoms with E-state index in [1.54, 1.807) is 7.11 Å². The highest BCUT2D eigenvalue weighted by Gasteiger charge is 2.28. The number of rotatable bonds is 3. The first-order chi connectivity index (χ1) is 9.83. The van der Waals surface area contributed by atoms with E-state index in [2.05, 4.69) is 22.4 Å². The normalized spacial score (nSPS) is 17.8. The second-order valence-electron chi connectivity index (χ2n) is 4.80. The molecular formula is C16H16N2O2. The molecule has 1 aromatic rings. The molecule has 0 fully saturated rings. The van der Waals surface area contributed by atoms with E-state index in [1.807, 2.05) is 18.2 Å². The van der Waals surface area contributed by atoms with Gasteiger partial charge in [-0.2, -0.15) is 0 Å². The van der Waals surface area contributed by atoms with Crippen molar-refractivity contribution in [2.75, 3.05) is 7.11 Å². The van der Waals surface area contributed by atoms with Crippen LogP contribution in [0.5, 0.6) is 0 Å². The molecule has 1 amide bonds. The molecule has 0 saturated heterocycles. The summed E-state index contributed by atoms with van der Waals surface area (Å²) in [5, 5.41) is 2.66. The lowest BCUT2D eigenvalue weighted by molar-refractivity contribution is -0.108. The summed E-state index contributed by atoms with van der Waals surface area (Å²) in [5.41, 5.74) is 4.47. The number of ether oxygens (including phenoxy) is 1. The third-order valence-corrected chi connectivity index (χ3v) is 3.70. The van der Waals surface area contributed by atoms with Gasteiger partial charge in [-0.05, 0) is 17.6 Å². The van der Waals surface area contributed by atoms with E-state index in [0.29, 0.717) is 18.7 Å². The van der Waals surface area contributed by atoms with Crippen molar-refractivity contribution in [3.63, 3.8) is 0 Å². The van der Waals surface area contributed by atoms with Crippen molar-refractivity contribution >= 4 is 17.8 Å². The van der Waals surface area contributed by atoms with Gasteiger partial charge in [-0.25, -0.2) is 4.99 Å². The van der Waals surface area contributed by atoms with Gasteiger partial charge in [0.25, 0.3) is 0 Å². The number of hydrogen-bond acceptors (Lipinski definition) is 3. The van der Waals surface area contributed by atoms with Crippen LogP contribution in [0.3, 0.4) is 0 Å². The van der Waals surface area contributed by atoms with Crippen LogP contribution in [-0.4, -0.2) is 19.4 Å². The van der Waals surface area contributed by atoms with Crippen LogP contribution < -0.4 is 5.32 Å². The minimum atomic E-state index is 0.633. The largest absolute Gasteiger partial charge is 0.501 e. The summed E-state index contributed by atoms with van der Waals surface area (Å²) in [6, 6.07) is 10.3. The fraction of sp³-hybridized carbons (Fsp3) is 0.250. The van der Waals surface area contributed by atoms with Crippen molar-refractivity contribution in [3.8, 4) is 0 Å². The van der Waals surface area contributed by atoms with Gasteiger partial charge >= 0.3 is 0 Å². The average Bonchev–Trinajstić information content (AvgIpc) is 2.91. The summed E-state index contributed by atoms with van der Waals surface area (Å²) < 4.78 is 5.47. The lowest BCUT2D eigenvalue weighted by Crippen LogP contribution is -2.19. The van der Waals surface area contributed by atoms with E-state index in [0.717, 1.165) is 29.9 Å². The number of amides is 1. The second-order valence-corrected chi connectivity index (χ2v) is 4.80. The van der Waals surface area contributed by atoms with Crippen LogP contribution in [0, 0.1) is 0 Å². The molecule has 1 aromatic carbocycles. The van der Waals surface area contributed by atoms with Gasteiger partial charge in [-0.1, -0.05) is 30.3 Å². The lowest BCUT2D eigenvalue weighted by atomic mass is 9.89. The monoisotopic (exact) mass is 268 g/mol. The number of benzene rings is 1. The summed E-state index contributed by atoms with van der Waals surface area (Å²) in [7, 11) is 1.69. The number of aliphatic imine (C=N–C) groups is 1. The number of hydrogen-bond donors (Lipinski definition) is 1. The molecular weight excluding hydrogens is 252 g/mol. The molecule has 0 saturated carbocycles. The molecule has 102 valence electrons. The van der Waals surface area contributed by atoms with Crippen LogP contribution in [0.2, 0.25) is 0 Å². The smallest absolute Gasteiger partial charge is 0.212 e. The van der Waals surface area contributed by atoms with E-state index in [9.17, 15) is 4.79 Å². The van der Waals surface area contributed by atoms with Crippen LogP contribution in [0.25, 0.3) is 5.57 Å². The van der Waals surface area contributed by atoms with E-state index >= 15 is 0 Å². The third kappa shape index (κ3) is 2.13. The van der Waals surface area contributed by atoms with Gasteiger partial charge in [-0.3, -0.25) is 4.79 Å². The van der Waals surface area contributed by atoms with Crippen LogP contribution >= 0.6 is 0 Å². The van der Waals surface area contributed by atoms with Crippen LogP contribution in [-0.2, 0) is 9.53 Å². The number of fused-ring (bicyclic) bond motifs is 1. The van der Waals surface area contributed by atoms with Crippen LogP contribution in [0.4, 0.5) is 0 Å². The lowest BCUT2D eigenvalue weighted by Gasteiger charge is -2.20. The first kappa shape index (κ1) is 12.7. The Morgan fingerprint density at radius 3 is 2.70 bits per heavy atom. The van der Waals surface area contributed by atoms with Gasteiger partial charge in [0.1, 0.15) is 11.6 Å². The Bertz CT molecular complexity index is 627. The maximum Gasteiger partial charge on any atom is 0.212 e. The highest BCUT2D eigenvalue weighted by Crippen LogP contribution is 2.41. The average molecular weight is 268 g/mol. The van der Waals surface area contributed by atoms with Crippen molar-refractivity contribution in [2.24, 2.45) is 4.99 Å². The SMILES string of the molecule is COC1=C2CC(NC=O)=NC2=C(c2ccccc2)CC1. The van der Waals surface area contributed by atoms with Gasteiger partial charge in [0.05, 0.1) is 12.8 Å². The number of nitrogens with one attached hydrogen (secondary N) is 1. The Kier molecular flexibility index (Phi) is 3.37. The van der Waals surface area contributed by atoms with Gasteiger partial charge < -0.3 is 10.1 Å². The van der Waals surface area contributed by atoms with Crippen molar-refractivity contribution in [3.05, 3.63) is 52.9 Å². The summed E-state index contributed by atoms with van der Waals surface area (Å²) in [4.78, 5) is 15.2. The molecule has 0 spiro atoms. The molecule has 2 aliphatic rings. The molecule has 0 unspecified atom stereocenters. The van der Waals surface area contributed by atoms with E-state index in [-0.39, 0.29) is 0 Å². The Labute approximate surface area is 117 Å². The summed E-state index contributed by atoms with van der Waals surface area (Å²) in [5.74, 6) is 1.67. The predicted octanol–water partition coefficient (Wildman–Crippen LogP) is 2.64. The molecule has 0 bridgehead atoms. The maximum atomic E-state index is 10.6. The van der Waals surface area contributed by atoms with Gasteiger partial charge in [0.15, 0.2) is 0 Å². The molecule has 0 atom stereocenters. The molecule has 1 N–H and O–H groups in total. The van der Waals surface area contributed by atoms with Crippen molar-refractivity contribution in [1.29, 1.82) is 0 Å².